The van der Waals surface area contributed by atoms with E-state index in [2.05, 4.69) is 24.4 Å². The zero-order valence-electron chi connectivity index (χ0n) is 10.5. The van der Waals surface area contributed by atoms with E-state index in [9.17, 15) is 0 Å². The van der Waals surface area contributed by atoms with Gasteiger partial charge in [0.05, 0.1) is 13.7 Å². The van der Waals surface area contributed by atoms with Crippen molar-refractivity contribution in [2.24, 2.45) is 0 Å². The fraction of sp³-hybridized carbons (Fsp3) is 0.538. The second-order valence-corrected chi connectivity index (χ2v) is 3.72. The molecule has 1 atom stereocenters. The number of benzene rings is 1. The van der Waals surface area contributed by atoms with Crippen LogP contribution >= 0.6 is 0 Å². The van der Waals surface area contributed by atoms with Crippen LogP contribution in [0.25, 0.3) is 0 Å². The number of hydrogen-bond donors (Lipinski definition) is 1. The summed E-state index contributed by atoms with van der Waals surface area (Å²) in [5.41, 5.74) is 2.35. The van der Waals surface area contributed by atoms with Crippen molar-refractivity contribution < 1.29 is 9.47 Å². The zero-order chi connectivity index (χ0) is 12.0. The Hall–Kier alpha value is -1.06. The van der Waals surface area contributed by atoms with Crippen molar-refractivity contribution in [2.45, 2.75) is 26.5 Å². The van der Waals surface area contributed by atoms with Gasteiger partial charge >= 0.3 is 0 Å². The molecule has 1 rings (SSSR count). The molecule has 16 heavy (non-hydrogen) atoms. The highest BCUT2D eigenvalue weighted by Crippen LogP contribution is 2.23. The third-order valence-electron chi connectivity index (χ3n) is 2.70. The molecule has 0 spiro atoms. The van der Waals surface area contributed by atoms with Gasteiger partial charge in [-0.05, 0) is 38.6 Å². The molecule has 0 saturated carbocycles. The number of ether oxygens (including phenoxy) is 2. The molecule has 1 aromatic rings. The third kappa shape index (κ3) is 3.22. The molecule has 3 heteroatoms. The van der Waals surface area contributed by atoms with E-state index in [1.807, 2.05) is 20.0 Å². The maximum Gasteiger partial charge on any atom is 0.124 e. The van der Waals surface area contributed by atoms with Gasteiger partial charge in [0.25, 0.3) is 0 Å². The van der Waals surface area contributed by atoms with Crippen molar-refractivity contribution in [1.82, 2.24) is 5.32 Å². The molecule has 1 unspecified atom stereocenters. The first-order chi connectivity index (χ1) is 7.72. The molecule has 0 amide bonds. The molecule has 0 heterocycles. The van der Waals surface area contributed by atoms with Gasteiger partial charge in [-0.3, -0.25) is 0 Å². The highest BCUT2D eigenvalue weighted by atomic mass is 16.5. The lowest BCUT2D eigenvalue weighted by atomic mass is 10.0. The smallest absolute Gasteiger partial charge is 0.124 e. The van der Waals surface area contributed by atoms with E-state index in [1.165, 1.54) is 5.56 Å². The number of hydrogen-bond acceptors (Lipinski definition) is 3. The Labute approximate surface area is 97.8 Å². The summed E-state index contributed by atoms with van der Waals surface area (Å²) in [5.74, 6) is 0.889. The molecular formula is C13H21NO2. The van der Waals surface area contributed by atoms with Gasteiger partial charge in [-0.2, -0.15) is 0 Å². The molecule has 0 aromatic heterocycles. The van der Waals surface area contributed by atoms with Crippen molar-refractivity contribution in [2.75, 3.05) is 20.8 Å². The second-order valence-electron chi connectivity index (χ2n) is 3.72. The van der Waals surface area contributed by atoms with Crippen LogP contribution in [0.5, 0.6) is 5.75 Å². The van der Waals surface area contributed by atoms with Gasteiger partial charge in [-0.1, -0.05) is 6.07 Å². The maximum absolute atomic E-state index is 5.43. The molecule has 0 aliphatic carbocycles. The van der Waals surface area contributed by atoms with Gasteiger partial charge in [-0.25, -0.2) is 0 Å². The first kappa shape index (κ1) is 13.0. The van der Waals surface area contributed by atoms with Crippen molar-refractivity contribution >= 4 is 0 Å². The van der Waals surface area contributed by atoms with E-state index >= 15 is 0 Å². The average molecular weight is 223 g/mol. The fourth-order valence-corrected chi connectivity index (χ4v) is 1.56. The minimum atomic E-state index is 0.339. The molecular weight excluding hydrogens is 202 g/mol. The first-order valence-corrected chi connectivity index (χ1v) is 5.64. The Morgan fingerprint density at radius 2 is 2.12 bits per heavy atom. The van der Waals surface area contributed by atoms with Crippen LogP contribution in [0.3, 0.4) is 0 Å². The largest absolute Gasteiger partial charge is 0.496 e. The number of rotatable bonds is 6. The number of methoxy groups -OCH3 is 1. The predicted molar refractivity (Wildman–Crippen MR) is 65.8 cm³/mol. The zero-order valence-corrected chi connectivity index (χ0v) is 10.5. The molecule has 0 fully saturated rings. The topological polar surface area (TPSA) is 30.5 Å². The second kappa shape index (κ2) is 6.51. The van der Waals surface area contributed by atoms with E-state index in [1.54, 1.807) is 7.11 Å². The summed E-state index contributed by atoms with van der Waals surface area (Å²) < 4.78 is 10.7. The lowest BCUT2D eigenvalue weighted by Crippen LogP contribution is -2.12. The Morgan fingerprint density at radius 3 is 2.69 bits per heavy atom. The summed E-state index contributed by atoms with van der Waals surface area (Å²) in [4.78, 5) is 0. The molecule has 3 nitrogen and oxygen atoms in total. The maximum atomic E-state index is 5.43. The minimum Gasteiger partial charge on any atom is -0.496 e. The van der Waals surface area contributed by atoms with Crippen LogP contribution in [0.15, 0.2) is 18.2 Å². The molecule has 0 radical (unpaired) electrons. The first-order valence-electron chi connectivity index (χ1n) is 5.64. The predicted octanol–water partition coefficient (Wildman–Crippen LogP) is 2.51. The molecule has 0 saturated heterocycles. The molecule has 1 aromatic carbocycles. The van der Waals surface area contributed by atoms with E-state index in [0.29, 0.717) is 12.6 Å². The monoisotopic (exact) mass is 223 g/mol. The van der Waals surface area contributed by atoms with Crippen molar-refractivity contribution in [3.63, 3.8) is 0 Å². The van der Waals surface area contributed by atoms with Gasteiger partial charge in [0.1, 0.15) is 5.75 Å². The van der Waals surface area contributed by atoms with E-state index in [0.717, 1.165) is 17.9 Å². The van der Waals surface area contributed by atoms with Crippen LogP contribution < -0.4 is 10.1 Å². The summed E-state index contributed by atoms with van der Waals surface area (Å²) >= 11 is 0. The Morgan fingerprint density at radius 1 is 1.38 bits per heavy atom. The van der Waals surface area contributed by atoms with Crippen LogP contribution in [0, 0.1) is 0 Å². The fourth-order valence-electron chi connectivity index (χ4n) is 1.56. The van der Waals surface area contributed by atoms with Crippen LogP contribution in [-0.4, -0.2) is 20.8 Å². The summed E-state index contributed by atoms with van der Waals surface area (Å²) in [6.45, 7) is 5.44. The molecule has 0 aliphatic rings. The van der Waals surface area contributed by atoms with Gasteiger partial charge in [0, 0.05) is 18.2 Å². The Kier molecular flexibility index (Phi) is 5.29. The molecule has 90 valence electrons. The Bertz CT molecular complexity index is 326. The highest BCUT2D eigenvalue weighted by molar-refractivity contribution is 5.38. The minimum absolute atomic E-state index is 0.339. The summed E-state index contributed by atoms with van der Waals surface area (Å²) in [6, 6.07) is 6.55. The third-order valence-corrected chi connectivity index (χ3v) is 2.70. The quantitative estimate of drug-likeness (QED) is 0.803. The van der Waals surface area contributed by atoms with E-state index in [4.69, 9.17) is 9.47 Å². The summed E-state index contributed by atoms with van der Waals surface area (Å²) in [7, 11) is 3.64. The van der Waals surface area contributed by atoms with Crippen molar-refractivity contribution in [1.29, 1.82) is 0 Å². The summed E-state index contributed by atoms with van der Waals surface area (Å²) in [6.07, 6.45) is 0. The Balaban J connectivity index is 2.91. The van der Waals surface area contributed by atoms with Crippen LogP contribution in [0.2, 0.25) is 0 Å². The van der Waals surface area contributed by atoms with Gasteiger partial charge in [-0.15, -0.1) is 0 Å². The molecule has 1 N–H and O–H groups in total. The van der Waals surface area contributed by atoms with Crippen molar-refractivity contribution in [3.8, 4) is 5.75 Å². The van der Waals surface area contributed by atoms with Gasteiger partial charge in [0.15, 0.2) is 0 Å². The standard InChI is InChI=1S/C13H21NO2/c1-5-16-9-12-8-11(10(2)14-3)6-7-13(12)15-4/h6-8,10,14H,5,9H2,1-4H3. The lowest BCUT2D eigenvalue weighted by Gasteiger charge is -2.14. The van der Waals surface area contributed by atoms with Gasteiger partial charge < -0.3 is 14.8 Å². The lowest BCUT2D eigenvalue weighted by molar-refractivity contribution is 0.132. The molecule has 0 bridgehead atoms. The average Bonchev–Trinajstić information content (AvgIpc) is 2.34. The van der Waals surface area contributed by atoms with Crippen molar-refractivity contribution in [3.05, 3.63) is 29.3 Å². The molecule has 0 aliphatic heterocycles. The normalized spacial score (nSPS) is 12.5. The number of nitrogens with one attached hydrogen (secondary N) is 1. The SMILES string of the molecule is CCOCc1cc(C(C)NC)ccc1OC. The summed E-state index contributed by atoms with van der Waals surface area (Å²) in [5, 5.41) is 3.22. The van der Waals surface area contributed by atoms with Crippen LogP contribution in [0.1, 0.15) is 31.0 Å². The highest BCUT2D eigenvalue weighted by Gasteiger charge is 2.08. The van der Waals surface area contributed by atoms with Gasteiger partial charge in [0.2, 0.25) is 0 Å². The van der Waals surface area contributed by atoms with E-state index in [-0.39, 0.29) is 0 Å². The van der Waals surface area contributed by atoms with Crippen LogP contribution in [-0.2, 0) is 11.3 Å². The van der Waals surface area contributed by atoms with Crippen LogP contribution in [0.4, 0.5) is 0 Å². The van der Waals surface area contributed by atoms with E-state index < -0.39 is 0 Å².